The molecule has 4 fully saturated rings. The highest BCUT2D eigenvalue weighted by molar-refractivity contribution is 5.87. The van der Waals surface area contributed by atoms with Crippen molar-refractivity contribution >= 4 is 11.8 Å². The topological polar surface area (TPSA) is 71.1 Å². The standard InChI is InChI=1S/C21H35N3O4/c1-27-16-18(25)22-17-14-21(4-2-3-9-24(21)15-17)19(26)23-10-5-20(6-11-23)7-12-28-13-8-20/h17H,2-16H2,1H3,(H,22,25)/t17-,21+/m0/s1. The van der Waals surface area contributed by atoms with Gasteiger partial charge in [-0.2, -0.15) is 0 Å². The van der Waals surface area contributed by atoms with Crippen LogP contribution in [-0.2, 0) is 19.1 Å². The summed E-state index contributed by atoms with van der Waals surface area (Å²) in [6.07, 6.45) is 8.36. The van der Waals surface area contributed by atoms with Crippen LogP contribution in [-0.4, -0.2) is 86.3 Å². The second-order valence-corrected chi connectivity index (χ2v) is 9.24. The Morgan fingerprint density at radius 1 is 1.07 bits per heavy atom. The van der Waals surface area contributed by atoms with Gasteiger partial charge in [-0.1, -0.05) is 0 Å². The lowest BCUT2D eigenvalue weighted by Gasteiger charge is -2.48. The first-order valence-electron chi connectivity index (χ1n) is 11.0. The number of carbonyl (C=O) groups excluding carboxylic acids is 2. The predicted molar refractivity (Wildman–Crippen MR) is 105 cm³/mol. The Bertz CT molecular complexity index is 582. The van der Waals surface area contributed by atoms with Crippen molar-refractivity contribution < 1.29 is 19.1 Å². The van der Waals surface area contributed by atoms with Crippen molar-refractivity contribution in [1.29, 1.82) is 0 Å². The van der Waals surface area contributed by atoms with E-state index < -0.39 is 5.54 Å². The molecule has 4 aliphatic rings. The van der Waals surface area contributed by atoms with E-state index in [1.807, 2.05) is 0 Å². The molecule has 0 bridgehead atoms. The Kier molecular flexibility index (Phi) is 5.95. The van der Waals surface area contributed by atoms with E-state index in [0.717, 1.165) is 90.8 Å². The highest BCUT2D eigenvalue weighted by Gasteiger charge is 2.54. The molecule has 7 heteroatoms. The number of methoxy groups -OCH3 is 1. The summed E-state index contributed by atoms with van der Waals surface area (Å²) >= 11 is 0. The zero-order valence-electron chi connectivity index (χ0n) is 17.2. The smallest absolute Gasteiger partial charge is 0.246 e. The van der Waals surface area contributed by atoms with Crippen molar-refractivity contribution in [1.82, 2.24) is 15.1 Å². The third kappa shape index (κ3) is 3.81. The van der Waals surface area contributed by atoms with E-state index in [-0.39, 0.29) is 18.6 Å². The highest BCUT2D eigenvalue weighted by atomic mass is 16.5. The van der Waals surface area contributed by atoms with Crippen LogP contribution in [0.1, 0.15) is 51.4 Å². The fourth-order valence-electron chi connectivity index (χ4n) is 5.94. The third-order valence-electron chi connectivity index (χ3n) is 7.60. The third-order valence-corrected chi connectivity index (χ3v) is 7.60. The maximum atomic E-state index is 13.7. The van der Waals surface area contributed by atoms with E-state index in [2.05, 4.69) is 15.1 Å². The number of fused-ring (bicyclic) bond motifs is 1. The van der Waals surface area contributed by atoms with Gasteiger partial charge in [-0.3, -0.25) is 14.5 Å². The summed E-state index contributed by atoms with van der Waals surface area (Å²) in [5, 5.41) is 3.08. The average Bonchev–Trinajstić information content (AvgIpc) is 3.08. The van der Waals surface area contributed by atoms with Gasteiger partial charge in [-0.25, -0.2) is 0 Å². The van der Waals surface area contributed by atoms with Gasteiger partial charge in [0.2, 0.25) is 11.8 Å². The van der Waals surface area contributed by atoms with Crippen LogP contribution in [0.4, 0.5) is 0 Å². The van der Waals surface area contributed by atoms with Gasteiger partial charge in [0.05, 0.1) is 0 Å². The van der Waals surface area contributed by atoms with Gasteiger partial charge >= 0.3 is 0 Å². The molecule has 4 saturated heterocycles. The Labute approximate surface area is 168 Å². The summed E-state index contributed by atoms with van der Waals surface area (Å²) < 4.78 is 10.5. The monoisotopic (exact) mass is 393 g/mol. The van der Waals surface area contributed by atoms with Crippen LogP contribution in [0.2, 0.25) is 0 Å². The van der Waals surface area contributed by atoms with Gasteiger partial charge in [0.25, 0.3) is 0 Å². The van der Waals surface area contributed by atoms with E-state index in [9.17, 15) is 9.59 Å². The molecule has 2 amide bonds. The van der Waals surface area contributed by atoms with Crippen molar-refractivity contribution in [2.45, 2.75) is 62.9 Å². The molecule has 4 heterocycles. The number of rotatable bonds is 4. The second kappa shape index (κ2) is 8.28. The maximum absolute atomic E-state index is 13.7. The Morgan fingerprint density at radius 2 is 1.82 bits per heavy atom. The van der Waals surface area contributed by atoms with Crippen LogP contribution in [0.5, 0.6) is 0 Å². The minimum Gasteiger partial charge on any atom is -0.381 e. The number of hydrogen-bond acceptors (Lipinski definition) is 5. The lowest BCUT2D eigenvalue weighted by atomic mass is 9.72. The predicted octanol–water partition coefficient (Wildman–Crippen LogP) is 1.17. The van der Waals surface area contributed by atoms with Crippen molar-refractivity contribution in [2.75, 3.05) is 53.1 Å². The molecular weight excluding hydrogens is 358 g/mol. The molecule has 0 aromatic rings. The quantitative estimate of drug-likeness (QED) is 0.776. The zero-order chi connectivity index (χ0) is 19.6. The number of ether oxygens (including phenoxy) is 2. The van der Waals surface area contributed by atoms with E-state index in [1.165, 1.54) is 7.11 Å². The van der Waals surface area contributed by atoms with Crippen LogP contribution in [0, 0.1) is 5.41 Å². The largest absolute Gasteiger partial charge is 0.381 e. The van der Waals surface area contributed by atoms with E-state index in [4.69, 9.17) is 9.47 Å². The number of nitrogens with one attached hydrogen (secondary N) is 1. The number of hydrogen-bond donors (Lipinski definition) is 1. The maximum Gasteiger partial charge on any atom is 0.246 e. The van der Waals surface area contributed by atoms with Crippen LogP contribution < -0.4 is 5.32 Å². The summed E-state index contributed by atoms with van der Waals surface area (Å²) in [7, 11) is 1.53. The molecule has 7 nitrogen and oxygen atoms in total. The van der Waals surface area contributed by atoms with Crippen molar-refractivity contribution in [2.24, 2.45) is 5.41 Å². The minimum atomic E-state index is -0.413. The molecule has 0 aromatic heterocycles. The SMILES string of the molecule is COCC(=O)N[C@@H]1CN2CCCC[C@]2(C(=O)N2CCC3(CCOCC3)CC2)C1. The molecule has 1 N–H and O–H groups in total. The van der Waals surface area contributed by atoms with Crippen LogP contribution >= 0.6 is 0 Å². The molecule has 158 valence electrons. The molecule has 0 aliphatic carbocycles. The number of likely N-dealkylation sites (tertiary alicyclic amines) is 1. The van der Waals surface area contributed by atoms with Crippen molar-refractivity contribution in [3.63, 3.8) is 0 Å². The van der Waals surface area contributed by atoms with Gasteiger partial charge in [0.1, 0.15) is 12.1 Å². The van der Waals surface area contributed by atoms with Crippen molar-refractivity contribution in [3.8, 4) is 0 Å². The average molecular weight is 394 g/mol. The van der Waals surface area contributed by atoms with Crippen LogP contribution in [0.3, 0.4) is 0 Å². The molecule has 0 saturated carbocycles. The van der Waals surface area contributed by atoms with Gasteiger partial charge in [0.15, 0.2) is 0 Å². The van der Waals surface area contributed by atoms with Gasteiger partial charge in [0, 0.05) is 46.0 Å². The van der Waals surface area contributed by atoms with E-state index >= 15 is 0 Å². The molecule has 28 heavy (non-hydrogen) atoms. The first kappa shape index (κ1) is 20.1. The Morgan fingerprint density at radius 3 is 2.54 bits per heavy atom. The summed E-state index contributed by atoms with van der Waals surface area (Å²) in [4.78, 5) is 30.2. The fourth-order valence-corrected chi connectivity index (χ4v) is 5.94. The van der Waals surface area contributed by atoms with Crippen LogP contribution in [0.25, 0.3) is 0 Å². The zero-order valence-corrected chi connectivity index (χ0v) is 17.2. The number of amides is 2. The number of piperidine rings is 2. The van der Waals surface area contributed by atoms with E-state index in [0.29, 0.717) is 11.3 Å². The first-order chi connectivity index (χ1) is 13.6. The van der Waals surface area contributed by atoms with Gasteiger partial charge in [-0.05, 0) is 63.3 Å². The summed E-state index contributed by atoms with van der Waals surface area (Å²) in [6, 6.07) is 0.0383. The molecule has 0 unspecified atom stereocenters. The number of nitrogens with zero attached hydrogens (tertiary/aromatic N) is 2. The van der Waals surface area contributed by atoms with Gasteiger partial charge in [-0.15, -0.1) is 0 Å². The van der Waals surface area contributed by atoms with Gasteiger partial charge < -0.3 is 19.7 Å². The summed E-state index contributed by atoms with van der Waals surface area (Å²) in [6.45, 7) is 5.29. The molecule has 1 spiro atoms. The first-order valence-corrected chi connectivity index (χ1v) is 11.0. The second-order valence-electron chi connectivity index (χ2n) is 9.24. The molecular formula is C21H35N3O4. The summed E-state index contributed by atoms with van der Waals surface area (Å²) in [5.41, 5.74) is -0.0191. The molecule has 0 radical (unpaired) electrons. The fraction of sp³-hybridized carbons (Fsp3) is 0.905. The lowest BCUT2D eigenvalue weighted by Crippen LogP contribution is -2.60. The molecule has 4 rings (SSSR count). The van der Waals surface area contributed by atoms with E-state index in [1.54, 1.807) is 0 Å². The summed E-state index contributed by atoms with van der Waals surface area (Å²) in [5.74, 6) is 0.215. The molecule has 0 aromatic carbocycles. The molecule has 2 atom stereocenters. The number of carbonyl (C=O) groups is 2. The minimum absolute atomic E-state index is 0.0383. The van der Waals surface area contributed by atoms with Crippen LogP contribution in [0.15, 0.2) is 0 Å². The lowest BCUT2D eigenvalue weighted by molar-refractivity contribution is -0.148. The molecule has 4 aliphatic heterocycles. The highest BCUT2D eigenvalue weighted by Crippen LogP contribution is 2.43. The Balaban J connectivity index is 1.42. The Hall–Kier alpha value is -1.18. The normalized spacial score (nSPS) is 32.9. The van der Waals surface area contributed by atoms with Crippen molar-refractivity contribution in [3.05, 3.63) is 0 Å².